The van der Waals surface area contributed by atoms with E-state index in [0.29, 0.717) is 0 Å². The van der Waals surface area contributed by atoms with E-state index < -0.39 is 0 Å². The molecule has 0 spiro atoms. The van der Waals surface area contributed by atoms with Gasteiger partial charge in [-0.1, -0.05) is 147 Å². The second-order valence-corrected chi connectivity index (χ2v) is 9.80. The van der Waals surface area contributed by atoms with Gasteiger partial charge in [-0.05, 0) is 67.6 Å². The molecule has 2 fully saturated rings. The van der Waals surface area contributed by atoms with Crippen LogP contribution in [0.5, 0.6) is 0 Å². The van der Waals surface area contributed by atoms with Crippen LogP contribution in [-0.4, -0.2) is 0 Å². The van der Waals surface area contributed by atoms with Gasteiger partial charge in [-0.3, -0.25) is 0 Å². The fourth-order valence-electron chi connectivity index (χ4n) is 4.70. The Labute approximate surface area is 214 Å². The number of allylic oxidation sites excluding steroid dienone is 2. The highest BCUT2D eigenvalue weighted by atomic mass is 14.2. The van der Waals surface area contributed by atoms with Crippen LogP contribution in [0.25, 0.3) is 18.2 Å². The maximum Gasteiger partial charge on any atom is -0.0257 e. The van der Waals surface area contributed by atoms with Crippen molar-refractivity contribution in [2.24, 2.45) is 5.92 Å². The summed E-state index contributed by atoms with van der Waals surface area (Å²) in [5.41, 5.74) is 7.16. The molecule has 3 aromatic carbocycles. The van der Waals surface area contributed by atoms with Crippen molar-refractivity contribution in [2.45, 2.75) is 64.7 Å². The summed E-state index contributed by atoms with van der Waals surface area (Å²) in [5, 5.41) is 0. The summed E-state index contributed by atoms with van der Waals surface area (Å²) in [7, 11) is 0. The average molecular weight is 463 g/mol. The molecule has 2 aliphatic carbocycles. The Morgan fingerprint density at radius 2 is 1.03 bits per heavy atom. The van der Waals surface area contributed by atoms with Gasteiger partial charge >= 0.3 is 0 Å². The molecule has 0 N–H and O–H groups in total. The Bertz CT molecular complexity index is 1020. The van der Waals surface area contributed by atoms with E-state index in [1.54, 1.807) is 11.1 Å². The van der Waals surface area contributed by atoms with Gasteiger partial charge in [0, 0.05) is 0 Å². The van der Waals surface area contributed by atoms with Crippen LogP contribution in [-0.2, 0) is 0 Å². The first-order chi connectivity index (χ1) is 17.2. The fraction of sp³-hybridized carbons (Fsp3) is 0.314. The van der Waals surface area contributed by atoms with E-state index >= 15 is 0 Å². The molecule has 0 heteroatoms. The lowest BCUT2D eigenvalue weighted by atomic mass is 10.0. The molecule has 2 aliphatic rings. The largest absolute Gasteiger partial charge is 0.0985 e. The van der Waals surface area contributed by atoms with Crippen LogP contribution in [0.2, 0.25) is 0 Å². The maximum absolute atomic E-state index is 3.63. The molecule has 2 saturated carbocycles. The summed E-state index contributed by atoms with van der Waals surface area (Å²) in [4.78, 5) is 0. The molecule has 0 heterocycles. The minimum absolute atomic E-state index is 0.898. The molecule has 182 valence electrons. The van der Waals surface area contributed by atoms with E-state index in [1.165, 1.54) is 74.5 Å². The van der Waals surface area contributed by atoms with Crippen LogP contribution in [0.15, 0.2) is 109 Å². The molecular weight excluding hydrogens is 420 g/mol. The van der Waals surface area contributed by atoms with Crippen molar-refractivity contribution >= 4 is 18.2 Å². The topological polar surface area (TPSA) is 0 Å². The van der Waals surface area contributed by atoms with Crippen molar-refractivity contribution in [1.82, 2.24) is 0 Å². The summed E-state index contributed by atoms with van der Waals surface area (Å²) in [6, 6.07) is 31.3. The third-order valence-corrected chi connectivity index (χ3v) is 6.69. The van der Waals surface area contributed by atoms with Crippen LogP contribution in [0, 0.1) is 5.92 Å². The third-order valence-electron chi connectivity index (χ3n) is 6.69. The Morgan fingerprint density at radius 1 is 0.571 bits per heavy atom. The highest BCUT2D eigenvalue weighted by Crippen LogP contribution is 2.30. The van der Waals surface area contributed by atoms with Crippen LogP contribution in [0.4, 0.5) is 0 Å². The normalized spacial score (nSPS) is 18.4. The van der Waals surface area contributed by atoms with Crippen LogP contribution in [0.3, 0.4) is 0 Å². The molecule has 0 nitrogen and oxygen atoms in total. The second kappa shape index (κ2) is 15.7. The van der Waals surface area contributed by atoms with Gasteiger partial charge in [0.2, 0.25) is 0 Å². The molecule has 5 rings (SSSR count). The predicted molar refractivity (Wildman–Crippen MR) is 156 cm³/mol. The molecule has 35 heavy (non-hydrogen) atoms. The number of hydrogen-bond donors (Lipinski definition) is 0. The highest BCUT2D eigenvalue weighted by Gasteiger charge is 2.14. The summed E-state index contributed by atoms with van der Waals surface area (Å²) in [6.07, 6.45) is 18.8. The number of rotatable bonds is 3. The molecule has 0 amide bonds. The average Bonchev–Trinajstić information content (AvgIpc) is 3.15. The van der Waals surface area contributed by atoms with Crippen LogP contribution in [0.1, 0.15) is 81.4 Å². The Balaban J connectivity index is 0.000000152. The zero-order chi connectivity index (χ0) is 24.6. The van der Waals surface area contributed by atoms with Gasteiger partial charge in [-0.15, -0.1) is 0 Å². The van der Waals surface area contributed by atoms with Crippen molar-refractivity contribution in [3.63, 3.8) is 0 Å². The van der Waals surface area contributed by atoms with Gasteiger partial charge in [-0.2, -0.15) is 0 Å². The van der Waals surface area contributed by atoms with Crippen molar-refractivity contribution in [1.29, 1.82) is 0 Å². The van der Waals surface area contributed by atoms with Gasteiger partial charge in [-0.25, -0.2) is 0 Å². The van der Waals surface area contributed by atoms with Crippen molar-refractivity contribution in [3.8, 4) is 0 Å². The molecule has 0 aliphatic heterocycles. The molecule has 3 aromatic rings. The molecule has 1 atom stereocenters. The van der Waals surface area contributed by atoms with E-state index in [1.807, 2.05) is 36.4 Å². The zero-order valence-electron chi connectivity index (χ0n) is 21.5. The summed E-state index contributed by atoms with van der Waals surface area (Å²) in [5.74, 6) is 0.898. The number of hydrogen-bond acceptors (Lipinski definition) is 0. The smallest absolute Gasteiger partial charge is 0.0257 e. The van der Waals surface area contributed by atoms with E-state index in [2.05, 4.69) is 86.3 Å². The van der Waals surface area contributed by atoms with Gasteiger partial charge in [0.15, 0.2) is 0 Å². The highest BCUT2D eigenvalue weighted by molar-refractivity contribution is 5.53. The van der Waals surface area contributed by atoms with Crippen LogP contribution < -0.4 is 0 Å². The predicted octanol–water partition coefficient (Wildman–Crippen LogP) is 10.6. The lowest BCUT2D eigenvalue weighted by molar-refractivity contribution is 0.620. The zero-order valence-corrected chi connectivity index (χ0v) is 21.5. The van der Waals surface area contributed by atoms with Crippen molar-refractivity contribution in [3.05, 3.63) is 125 Å². The first kappa shape index (κ1) is 26.5. The van der Waals surface area contributed by atoms with E-state index in [4.69, 9.17) is 0 Å². The second-order valence-electron chi connectivity index (χ2n) is 9.80. The van der Waals surface area contributed by atoms with Crippen LogP contribution >= 0.6 is 0 Å². The van der Waals surface area contributed by atoms with Crippen molar-refractivity contribution in [2.75, 3.05) is 0 Å². The maximum atomic E-state index is 3.63. The molecule has 0 radical (unpaired) electrons. The van der Waals surface area contributed by atoms with Gasteiger partial charge in [0.05, 0.1) is 0 Å². The Morgan fingerprint density at radius 3 is 1.43 bits per heavy atom. The molecule has 0 aromatic heterocycles. The first-order valence-electron chi connectivity index (χ1n) is 13.4. The van der Waals surface area contributed by atoms with E-state index in [0.717, 1.165) is 5.92 Å². The van der Waals surface area contributed by atoms with Gasteiger partial charge in [0.1, 0.15) is 0 Å². The van der Waals surface area contributed by atoms with Gasteiger partial charge < -0.3 is 0 Å². The quantitative estimate of drug-likeness (QED) is 0.339. The van der Waals surface area contributed by atoms with Crippen molar-refractivity contribution < 1.29 is 0 Å². The summed E-state index contributed by atoms with van der Waals surface area (Å²) in [6.45, 7) is 5.97. The minimum Gasteiger partial charge on any atom is -0.0985 e. The fourth-order valence-corrected chi connectivity index (χ4v) is 4.70. The Kier molecular flexibility index (Phi) is 11.9. The monoisotopic (exact) mass is 462 g/mol. The lowest BCUT2D eigenvalue weighted by Gasteiger charge is -2.02. The number of benzene rings is 3. The molecule has 0 bridgehead atoms. The third kappa shape index (κ3) is 10.8. The summed E-state index contributed by atoms with van der Waals surface area (Å²) < 4.78 is 0. The Hall–Kier alpha value is -3.12. The van der Waals surface area contributed by atoms with Gasteiger partial charge in [0.25, 0.3) is 0 Å². The molecule has 0 saturated heterocycles. The first-order valence-corrected chi connectivity index (χ1v) is 13.4. The SMILES string of the molecule is C(=C1CCCCCC1)c1ccccc1.C=Cc1ccccc1.CC1CCC(=Cc2ccccc2)C1. The lowest BCUT2D eigenvalue weighted by Crippen LogP contribution is -1.81. The van der Waals surface area contributed by atoms with E-state index in [9.17, 15) is 0 Å². The van der Waals surface area contributed by atoms with E-state index in [-0.39, 0.29) is 0 Å². The molecule has 1 unspecified atom stereocenters. The summed E-state index contributed by atoms with van der Waals surface area (Å²) >= 11 is 0. The standard InChI is InChI=1S/C14H18.C13H16.C8H8/c1-2-5-9-13(8-4-1)12-14-10-6-3-7-11-14;1-11-7-8-13(9-11)10-12-5-3-2-4-6-12;1-2-8-6-4-3-5-7-8/h3,6-7,10-12H,1-2,4-5,8-9H2;2-6,10-11H,7-9H2,1H3;2-7H,1H2. The minimum atomic E-state index is 0.898. The molecular formula is C35H42.